The van der Waals surface area contributed by atoms with E-state index in [0.29, 0.717) is 18.7 Å². The maximum absolute atomic E-state index is 12.8. The predicted molar refractivity (Wildman–Crippen MR) is 143 cm³/mol. The maximum Gasteiger partial charge on any atom is 0.490 e. The summed E-state index contributed by atoms with van der Waals surface area (Å²) in [5.74, 6) is -1.84. The van der Waals surface area contributed by atoms with Crippen LogP contribution in [-0.4, -0.2) is 96.7 Å². The summed E-state index contributed by atoms with van der Waals surface area (Å²) in [4.78, 5) is 27.5. The normalized spacial score (nSPS) is 13.4. The van der Waals surface area contributed by atoms with Gasteiger partial charge in [-0.15, -0.1) is 0 Å². The highest BCUT2D eigenvalue weighted by atomic mass is 35.5. The number of aliphatic imine (C=N–C) groups is 1. The number of nitrogens with one attached hydrogen (secondary N) is 1. The molecule has 1 aromatic carbocycles. The summed E-state index contributed by atoms with van der Waals surface area (Å²) in [6, 6.07) is 8.20. The lowest BCUT2D eigenvalue weighted by molar-refractivity contribution is -0.192. The fourth-order valence-electron chi connectivity index (χ4n) is 3.67. The van der Waals surface area contributed by atoms with Crippen LogP contribution >= 0.6 is 11.6 Å². The van der Waals surface area contributed by atoms with Gasteiger partial charge >= 0.3 is 12.1 Å². The number of aliphatic carboxylic acids is 1. The van der Waals surface area contributed by atoms with Gasteiger partial charge in [0.05, 0.1) is 12.2 Å². The van der Waals surface area contributed by atoms with Gasteiger partial charge in [0, 0.05) is 52.8 Å². The molecule has 0 saturated heterocycles. The van der Waals surface area contributed by atoms with E-state index in [9.17, 15) is 26.4 Å². The maximum atomic E-state index is 12.8. The molecule has 1 aliphatic rings. The second-order valence-electron chi connectivity index (χ2n) is 8.98. The summed E-state index contributed by atoms with van der Waals surface area (Å²) in [6.45, 7) is 4.10. The number of likely N-dealkylation sites (N-methyl/N-ethyl adjacent to an activating group) is 1. The number of carboxylic acid groups (broad SMARTS) is 1. The van der Waals surface area contributed by atoms with Gasteiger partial charge in [-0.25, -0.2) is 17.5 Å². The minimum absolute atomic E-state index is 0.0133. The van der Waals surface area contributed by atoms with Crippen molar-refractivity contribution >= 4 is 39.3 Å². The smallest absolute Gasteiger partial charge is 0.475 e. The first kappa shape index (κ1) is 33.0. The van der Waals surface area contributed by atoms with Crippen LogP contribution in [0.2, 0.25) is 5.15 Å². The highest BCUT2D eigenvalue weighted by Gasteiger charge is 2.38. The first-order valence-electron chi connectivity index (χ1n) is 12.1. The summed E-state index contributed by atoms with van der Waals surface area (Å²) >= 11 is 6.12. The molecule has 0 bridgehead atoms. The molecule has 0 unspecified atom stereocenters. The number of hydrogen-bond acceptors (Lipinski definition) is 7. The summed E-state index contributed by atoms with van der Waals surface area (Å²) in [7, 11) is 1.08. The van der Waals surface area contributed by atoms with E-state index in [1.807, 2.05) is 12.1 Å². The van der Waals surface area contributed by atoms with Gasteiger partial charge in [-0.05, 0) is 25.3 Å². The number of alkyl halides is 3. The van der Waals surface area contributed by atoms with E-state index < -0.39 is 22.2 Å². The van der Waals surface area contributed by atoms with Crippen molar-refractivity contribution < 1.29 is 36.3 Å². The van der Waals surface area contributed by atoms with E-state index in [-0.39, 0.29) is 28.9 Å². The van der Waals surface area contributed by atoms with Gasteiger partial charge < -0.3 is 15.3 Å². The van der Waals surface area contributed by atoms with Crippen molar-refractivity contribution in [3.63, 3.8) is 0 Å². The van der Waals surface area contributed by atoms with Crippen LogP contribution in [0.15, 0.2) is 34.2 Å². The van der Waals surface area contributed by atoms with Crippen LogP contribution in [0, 0.1) is 6.92 Å². The van der Waals surface area contributed by atoms with Crippen LogP contribution in [0.5, 0.6) is 0 Å². The van der Waals surface area contributed by atoms with Crippen LogP contribution < -0.4 is 5.32 Å². The number of amidine groups is 1. The summed E-state index contributed by atoms with van der Waals surface area (Å²) < 4.78 is 60.0. The monoisotopic (exact) mass is 608 g/mol. The number of sulfonamides is 1. The van der Waals surface area contributed by atoms with Gasteiger partial charge in [0.15, 0.2) is 0 Å². The molecule has 40 heavy (non-hydrogen) atoms. The van der Waals surface area contributed by atoms with Crippen LogP contribution in [0.1, 0.15) is 29.7 Å². The second-order valence-corrected chi connectivity index (χ2v) is 11.3. The molecule has 0 atom stereocenters. The second kappa shape index (κ2) is 13.9. The van der Waals surface area contributed by atoms with E-state index in [1.165, 1.54) is 16.0 Å². The topological polar surface area (TPSA) is 137 Å². The Balaban J connectivity index is 0.000000708. The first-order chi connectivity index (χ1) is 18.6. The van der Waals surface area contributed by atoms with Crippen LogP contribution in [0.3, 0.4) is 0 Å². The van der Waals surface area contributed by atoms with Crippen molar-refractivity contribution in [3.05, 3.63) is 46.2 Å². The average Bonchev–Trinajstić information content (AvgIpc) is 3.50. The van der Waals surface area contributed by atoms with Crippen LogP contribution in [0.25, 0.3) is 0 Å². The largest absolute Gasteiger partial charge is 0.490 e. The number of carbonyl (C=O) groups is 2. The van der Waals surface area contributed by atoms with Crippen LogP contribution in [-0.2, 0) is 33.1 Å². The fraction of sp³-hybridized carbons (Fsp3) is 0.500. The molecule has 1 aliphatic heterocycles. The number of nitrogens with zero attached hydrogens (tertiary/aromatic N) is 5. The average molecular weight is 609 g/mol. The highest BCUT2D eigenvalue weighted by molar-refractivity contribution is 7.89. The molecule has 0 aliphatic carbocycles. The number of carbonyl (C=O) groups excluding carboxylic acids is 1. The highest BCUT2D eigenvalue weighted by Crippen LogP contribution is 2.26. The minimum Gasteiger partial charge on any atom is -0.475 e. The van der Waals surface area contributed by atoms with Gasteiger partial charge in [0.1, 0.15) is 15.9 Å². The molecule has 16 heteroatoms. The molecule has 222 valence electrons. The molecule has 2 aromatic rings. The lowest BCUT2D eigenvalue weighted by Crippen LogP contribution is -2.31. The number of rotatable bonds is 10. The lowest BCUT2D eigenvalue weighted by atomic mass is 10.1. The van der Waals surface area contributed by atoms with Gasteiger partial charge in [-0.2, -0.15) is 18.3 Å². The number of hydrogen-bond donors (Lipinski definition) is 2. The van der Waals surface area contributed by atoms with Gasteiger partial charge in [0.25, 0.3) is 0 Å². The van der Waals surface area contributed by atoms with E-state index in [1.54, 1.807) is 25.9 Å². The van der Waals surface area contributed by atoms with E-state index in [2.05, 4.69) is 27.5 Å². The summed E-state index contributed by atoms with van der Waals surface area (Å²) in [5.41, 5.74) is 2.57. The van der Waals surface area contributed by atoms with Crippen molar-refractivity contribution in [3.8, 4) is 0 Å². The molecular weight excluding hydrogens is 577 g/mol. The Morgan fingerprint density at radius 1 is 1.18 bits per heavy atom. The molecule has 0 fully saturated rings. The Labute approximate surface area is 235 Å². The number of amides is 1. The Morgan fingerprint density at radius 3 is 2.25 bits per heavy atom. The molecule has 1 amide bonds. The number of aryl methyl sites for hydroxylation is 2. The van der Waals surface area contributed by atoms with Crippen LogP contribution in [0.4, 0.5) is 13.2 Å². The fourth-order valence-corrected chi connectivity index (χ4v) is 5.57. The van der Waals surface area contributed by atoms with Crippen molar-refractivity contribution in [2.45, 2.75) is 37.3 Å². The van der Waals surface area contributed by atoms with Gasteiger partial charge in [-0.3, -0.25) is 14.5 Å². The van der Waals surface area contributed by atoms with Crippen molar-refractivity contribution in [2.75, 3.05) is 40.3 Å². The molecule has 2 heterocycles. The van der Waals surface area contributed by atoms with Gasteiger partial charge in [-0.1, -0.05) is 35.9 Å². The third-order valence-electron chi connectivity index (χ3n) is 5.94. The Morgan fingerprint density at radius 2 is 1.77 bits per heavy atom. The molecular formula is C24H32ClF3N6O5S. The number of halogens is 4. The Kier molecular flexibility index (Phi) is 11.5. The Hall–Kier alpha value is -3.17. The Bertz CT molecular complexity index is 1330. The first-order valence-corrected chi connectivity index (χ1v) is 13.9. The number of aromatic nitrogens is 2. The summed E-state index contributed by atoms with van der Waals surface area (Å²) in [5, 5.41) is 14.5. The van der Waals surface area contributed by atoms with E-state index >= 15 is 0 Å². The molecule has 1 aromatic heterocycles. The van der Waals surface area contributed by atoms with E-state index in [0.717, 1.165) is 36.5 Å². The van der Waals surface area contributed by atoms with E-state index in [4.69, 9.17) is 21.5 Å². The third kappa shape index (κ3) is 8.93. The van der Waals surface area contributed by atoms with Crippen molar-refractivity contribution in [2.24, 2.45) is 12.0 Å². The number of carboxylic acids is 1. The molecule has 0 radical (unpaired) electrons. The molecule has 2 N–H and O–H groups in total. The molecule has 11 nitrogen and oxygen atoms in total. The zero-order valence-electron chi connectivity index (χ0n) is 22.5. The molecule has 3 rings (SSSR count). The summed E-state index contributed by atoms with van der Waals surface area (Å²) in [6.07, 6.45) is -3.66. The zero-order valence-corrected chi connectivity index (χ0v) is 24.1. The number of benzene rings is 1. The van der Waals surface area contributed by atoms with Crippen molar-refractivity contribution in [1.29, 1.82) is 0 Å². The molecule has 0 saturated carbocycles. The standard InChI is InChI=1S/C22H31ClN6O3S.C2HF3O2/c1-16-20(21(23)29(4)26-16)33(31,32)28(3)14-5-6-19(30)27(2)15-11-17-7-9-18(10-8-17)22-24-12-13-25-22;3-2(4,5)1(6)7/h7-10H,5-6,11-15H2,1-4H3,(H,24,25);(H,6,7). The third-order valence-corrected chi connectivity index (χ3v) is 8.49. The lowest BCUT2D eigenvalue weighted by Gasteiger charge is -2.19. The zero-order chi connectivity index (χ0) is 30.3. The van der Waals surface area contributed by atoms with Gasteiger partial charge in [0.2, 0.25) is 15.9 Å². The SMILES string of the molecule is Cc1nn(C)c(Cl)c1S(=O)(=O)N(C)CCCC(=O)N(C)CCc1ccc(C2=NCCN2)cc1.O=C(O)C(F)(F)F. The van der Waals surface area contributed by atoms with Crippen molar-refractivity contribution in [1.82, 2.24) is 24.3 Å². The minimum atomic E-state index is -5.08. The quantitative estimate of drug-likeness (QED) is 0.423. The molecule has 0 spiro atoms. The predicted octanol–water partition coefficient (Wildman–Crippen LogP) is 2.47.